The molecule has 0 fully saturated rings. The molecular weight excluding hydrogens is 412 g/mol. The van der Waals surface area contributed by atoms with Crippen LogP contribution in [0.3, 0.4) is 0 Å². The van der Waals surface area contributed by atoms with E-state index in [9.17, 15) is 14.7 Å². The Hall–Kier alpha value is -1.92. The van der Waals surface area contributed by atoms with Gasteiger partial charge < -0.3 is 9.53 Å². The van der Waals surface area contributed by atoms with Crippen LogP contribution < -0.4 is 4.43 Å². The van der Waals surface area contributed by atoms with Crippen molar-refractivity contribution in [1.82, 2.24) is 0 Å². The molecule has 0 aliphatic carbocycles. The van der Waals surface area contributed by atoms with Crippen molar-refractivity contribution < 1.29 is 19.1 Å². The molecule has 2 aromatic carbocycles. The van der Waals surface area contributed by atoms with Crippen molar-refractivity contribution in [2.24, 2.45) is 0 Å². The van der Waals surface area contributed by atoms with Crippen molar-refractivity contribution in [1.29, 1.82) is 0 Å². The molecule has 0 aliphatic rings. The van der Waals surface area contributed by atoms with Gasteiger partial charge in [-0.2, -0.15) is 0 Å². The van der Waals surface area contributed by atoms with Crippen molar-refractivity contribution in [3.8, 4) is 5.75 Å². The molecule has 0 saturated heterocycles. The minimum atomic E-state index is -1.44. The number of aryl methyl sites for hydroxylation is 1. The summed E-state index contributed by atoms with van der Waals surface area (Å²) in [7, 11) is -1.44. The highest BCUT2D eigenvalue weighted by atomic mass is 79.9. The van der Waals surface area contributed by atoms with Gasteiger partial charge in [0, 0.05) is 10.0 Å². The minimum absolute atomic E-state index is 0.0175. The first-order valence-corrected chi connectivity index (χ1v) is 12.3. The molecular formula is C20H23BrO4Si. The standard InChI is InChI=1S/C20H23BrO4Si/c1-4-5-7-13-8-6-9-16(19(13)25-26(2)3)18(22)15-11-10-14(21)12-17(15)20(23)24/h6,8-12,26H,4-5,7H2,1-3H3,(H,23,24). The normalized spacial score (nSPS) is 10.8. The quantitative estimate of drug-likeness (QED) is 0.464. The summed E-state index contributed by atoms with van der Waals surface area (Å²) in [6.45, 7) is 6.22. The van der Waals surface area contributed by atoms with Crippen LogP contribution >= 0.6 is 15.9 Å². The first-order chi connectivity index (χ1) is 12.3. The Morgan fingerprint density at radius 2 is 1.85 bits per heavy atom. The number of carboxylic acids is 1. The summed E-state index contributed by atoms with van der Waals surface area (Å²) in [5.41, 5.74) is 1.59. The smallest absolute Gasteiger partial charge is 0.336 e. The van der Waals surface area contributed by atoms with Crippen LogP contribution in [0.25, 0.3) is 0 Å². The van der Waals surface area contributed by atoms with Crippen LogP contribution in [0, 0.1) is 0 Å². The van der Waals surface area contributed by atoms with E-state index in [0.717, 1.165) is 24.8 Å². The molecule has 26 heavy (non-hydrogen) atoms. The summed E-state index contributed by atoms with van der Waals surface area (Å²) in [6, 6.07) is 10.2. The maximum absolute atomic E-state index is 13.2. The summed E-state index contributed by atoms with van der Waals surface area (Å²) in [5.74, 6) is -0.831. The number of halogens is 1. The lowest BCUT2D eigenvalue weighted by molar-refractivity contribution is 0.0692. The van der Waals surface area contributed by atoms with Crippen molar-refractivity contribution in [3.05, 3.63) is 63.1 Å². The van der Waals surface area contributed by atoms with Gasteiger partial charge >= 0.3 is 5.97 Å². The van der Waals surface area contributed by atoms with E-state index in [2.05, 4.69) is 22.9 Å². The molecule has 0 bridgehead atoms. The van der Waals surface area contributed by atoms with Crippen LogP contribution in [0.15, 0.2) is 40.9 Å². The fourth-order valence-electron chi connectivity index (χ4n) is 2.74. The van der Waals surface area contributed by atoms with Gasteiger partial charge in [0.2, 0.25) is 9.04 Å². The summed E-state index contributed by atoms with van der Waals surface area (Å²) in [5, 5.41) is 9.47. The van der Waals surface area contributed by atoms with E-state index in [-0.39, 0.29) is 16.9 Å². The first-order valence-electron chi connectivity index (χ1n) is 8.71. The Morgan fingerprint density at radius 1 is 1.12 bits per heavy atom. The predicted molar refractivity (Wildman–Crippen MR) is 109 cm³/mol. The van der Waals surface area contributed by atoms with E-state index in [4.69, 9.17) is 4.43 Å². The summed E-state index contributed by atoms with van der Waals surface area (Å²) >= 11 is 3.26. The van der Waals surface area contributed by atoms with Gasteiger partial charge in [0.1, 0.15) is 5.75 Å². The number of carbonyl (C=O) groups excluding carboxylic acids is 1. The predicted octanol–water partition coefficient (Wildman–Crippen LogP) is 5.08. The van der Waals surface area contributed by atoms with E-state index >= 15 is 0 Å². The second-order valence-corrected chi connectivity index (χ2v) is 9.64. The number of carbonyl (C=O) groups is 2. The molecule has 0 aliphatic heterocycles. The van der Waals surface area contributed by atoms with Crippen molar-refractivity contribution >= 4 is 36.7 Å². The second kappa shape index (κ2) is 9.14. The summed E-state index contributed by atoms with van der Waals surface area (Å²) in [6.07, 6.45) is 2.89. The molecule has 0 saturated carbocycles. The molecule has 2 aromatic rings. The molecule has 0 amide bonds. The van der Waals surface area contributed by atoms with E-state index in [1.807, 2.05) is 25.2 Å². The molecule has 4 nitrogen and oxygen atoms in total. The first kappa shape index (κ1) is 20.4. The molecule has 0 spiro atoms. The largest absolute Gasteiger partial charge is 0.546 e. The van der Waals surface area contributed by atoms with Gasteiger partial charge in [-0.3, -0.25) is 4.79 Å². The summed E-state index contributed by atoms with van der Waals surface area (Å²) in [4.78, 5) is 24.8. The lowest BCUT2D eigenvalue weighted by Crippen LogP contribution is -2.17. The number of para-hydroxylation sites is 1. The third-order valence-electron chi connectivity index (χ3n) is 3.95. The number of carboxylic acid groups (broad SMARTS) is 1. The fraction of sp³-hybridized carbons (Fsp3) is 0.300. The molecule has 0 atom stereocenters. The Bertz CT molecular complexity index is 817. The molecule has 1 N–H and O–H groups in total. The number of ketones is 1. The van der Waals surface area contributed by atoms with E-state index in [0.29, 0.717) is 15.8 Å². The number of aromatic carboxylic acids is 1. The van der Waals surface area contributed by atoms with Crippen molar-refractivity contribution in [3.63, 3.8) is 0 Å². The number of hydrogen-bond donors (Lipinski definition) is 1. The van der Waals surface area contributed by atoms with Gasteiger partial charge in [0.15, 0.2) is 5.78 Å². The molecule has 6 heteroatoms. The summed E-state index contributed by atoms with van der Waals surface area (Å²) < 4.78 is 6.72. The monoisotopic (exact) mass is 434 g/mol. The average Bonchev–Trinajstić information content (AvgIpc) is 2.59. The molecule has 2 rings (SSSR count). The van der Waals surface area contributed by atoms with Gasteiger partial charge in [-0.25, -0.2) is 4.79 Å². The van der Waals surface area contributed by atoms with Gasteiger partial charge in [-0.15, -0.1) is 0 Å². The van der Waals surface area contributed by atoms with Gasteiger partial charge in [0.25, 0.3) is 0 Å². The van der Waals surface area contributed by atoms with Crippen LogP contribution in [0.2, 0.25) is 13.1 Å². The SMILES string of the molecule is CCCCc1cccc(C(=O)c2ccc(Br)cc2C(=O)O)c1O[SiH](C)C. The molecule has 0 unspecified atom stereocenters. The number of hydrogen-bond acceptors (Lipinski definition) is 3. The topological polar surface area (TPSA) is 63.6 Å². The zero-order chi connectivity index (χ0) is 19.3. The lowest BCUT2D eigenvalue weighted by atomic mass is 9.95. The molecule has 0 heterocycles. The number of unbranched alkanes of at least 4 members (excludes halogenated alkanes) is 1. The van der Waals surface area contributed by atoms with E-state index < -0.39 is 15.0 Å². The van der Waals surface area contributed by atoms with Crippen molar-refractivity contribution in [2.75, 3.05) is 0 Å². The zero-order valence-corrected chi connectivity index (χ0v) is 18.0. The average molecular weight is 435 g/mol. The van der Waals surface area contributed by atoms with E-state index in [1.165, 1.54) is 6.07 Å². The van der Waals surface area contributed by atoms with Crippen LogP contribution in [0.5, 0.6) is 5.75 Å². The molecule has 0 radical (unpaired) electrons. The highest BCUT2D eigenvalue weighted by Gasteiger charge is 2.23. The number of benzene rings is 2. The Balaban J connectivity index is 2.57. The van der Waals surface area contributed by atoms with Crippen LogP contribution in [0.4, 0.5) is 0 Å². The molecule has 138 valence electrons. The van der Waals surface area contributed by atoms with Gasteiger partial charge in [-0.1, -0.05) is 41.4 Å². The highest BCUT2D eigenvalue weighted by Crippen LogP contribution is 2.30. The second-order valence-electron chi connectivity index (χ2n) is 6.39. The van der Waals surface area contributed by atoms with E-state index in [1.54, 1.807) is 18.2 Å². The highest BCUT2D eigenvalue weighted by molar-refractivity contribution is 9.10. The van der Waals surface area contributed by atoms with Crippen molar-refractivity contribution in [2.45, 2.75) is 39.3 Å². The van der Waals surface area contributed by atoms with Crippen LogP contribution in [0.1, 0.15) is 51.6 Å². The maximum atomic E-state index is 13.2. The Labute approximate surface area is 164 Å². The Kier molecular flexibility index (Phi) is 7.17. The van der Waals surface area contributed by atoms with Gasteiger partial charge in [-0.05, 0) is 55.8 Å². The zero-order valence-electron chi connectivity index (χ0n) is 15.2. The lowest BCUT2D eigenvalue weighted by Gasteiger charge is -2.18. The Morgan fingerprint density at radius 3 is 2.46 bits per heavy atom. The maximum Gasteiger partial charge on any atom is 0.336 e. The molecule has 0 aromatic heterocycles. The minimum Gasteiger partial charge on any atom is -0.546 e. The number of rotatable bonds is 8. The van der Waals surface area contributed by atoms with Crippen LogP contribution in [-0.2, 0) is 6.42 Å². The third kappa shape index (κ3) is 4.83. The third-order valence-corrected chi connectivity index (χ3v) is 5.15. The van der Waals surface area contributed by atoms with Gasteiger partial charge in [0.05, 0.1) is 11.1 Å². The van der Waals surface area contributed by atoms with Crippen LogP contribution in [-0.4, -0.2) is 25.9 Å². The fourth-order valence-corrected chi connectivity index (χ4v) is 3.85.